The van der Waals surface area contributed by atoms with Gasteiger partial charge in [-0.25, -0.2) is 4.98 Å². The standard InChI is InChI=1S/C14H19N5O2/c1-8(2)13-17-12(18-21-13)11-5-4-6-19(11)14(20)10-7-15-9(3)16-10/h7-8,11H,4-6H2,1-3H3,(H,15,16)/t11-/m0/s1. The number of rotatable bonds is 3. The van der Waals surface area contributed by atoms with Gasteiger partial charge in [-0.3, -0.25) is 4.79 Å². The number of amides is 1. The number of aromatic amines is 1. The zero-order valence-corrected chi connectivity index (χ0v) is 12.5. The summed E-state index contributed by atoms with van der Waals surface area (Å²) < 4.78 is 5.26. The Labute approximate surface area is 122 Å². The van der Waals surface area contributed by atoms with Crippen LogP contribution in [0.15, 0.2) is 10.7 Å². The fraction of sp³-hybridized carbons (Fsp3) is 0.571. The molecule has 1 aliphatic heterocycles. The van der Waals surface area contributed by atoms with Gasteiger partial charge in [0.2, 0.25) is 5.89 Å². The van der Waals surface area contributed by atoms with Crippen molar-refractivity contribution >= 4 is 5.91 Å². The molecule has 21 heavy (non-hydrogen) atoms. The summed E-state index contributed by atoms with van der Waals surface area (Å²) in [5.74, 6) is 2.07. The molecule has 112 valence electrons. The molecule has 3 heterocycles. The first-order chi connectivity index (χ1) is 10.1. The van der Waals surface area contributed by atoms with Crippen molar-refractivity contribution < 1.29 is 9.32 Å². The second-order valence-corrected chi connectivity index (χ2v) is 5.68. The molecule has 0 aromatic carbocycles. The Balaban J connectivity index is 1.83. The van der Waals surface area contributed by atoms with E-state index in [1.54, 1.807) is 11.1 Å². The summed E-state index contributed by atoms with van der Waals surface area (Å²) >= 11 is 0. The number of aryl methyl sites for hydroxylation is 1. The van der Waals surface area contributed by atoms with Crippen LogP contribution in [-0.2, 0) is 0 Å². The minimum Gasteiger partial charge on any atom is -0.339 e. The van der Waals surface area contributed by atoms with Crippen LogP contribution in [0.1, 0.15) is 66.7 Å². The van der Waals surface area contributed by atoms with Crippen molar-refractivity contribution in [1.82, 2.24) is 25.0 Å². The summed E-state index contributed by atoms with van der Waals surface area (Å²) in [6, 6.07) is -0.114. The largest absolute Gasteiger partial charge is 0.339 e. The van der Waals surface area contributed by atoms with E-state index >= 15 is 0 Å². The molecule has 1 fully saturated rings. The molecule has 1 aliphatic rings. The van der Waals surface area contributed by atoms with Crippen molar-refractivity contribution in [3.8, 4) is 0 Å². The minimum atomic E-state index is -0.114. The molecule has 2 aromatic heterocycles. The maximum Gasteiger partial charge on any atom is 0.272 e. The van der Waals surface area contributed by atoms with Crippen LogP contribution >= 0.6 is 0 Å². The molecule has 2 aromatic rings. The highest BCUT2D eigenvalue weighted by atomic mass is 16.5. The first-order valence-electron chi connectivity index (χ1n) is 7.22. The quantitative estimate of drug-likeness (QED) is 0.935. The highest BCUT2D eigenvalue weighted by Gasteiger charge is 2.34. The first kappa shape index (κ1) is 13.8. The Hall–Kier alpha value is -2.18. The van der Waals surface area contributed by atoms with Gasteiger partial charge in [0.25, 0.3) is 5.91 Å². The zero-order valence-electron chi connectivity index (χ0n) is 12.5. The lowest BCUT2D eigenvalue weighted by molar-refractivity contribution is 0.0723. The molecule has 0 radical (unpaired) electrons. The average Bonchev–Trinajstić information content (AvgIpc) is 3.17. The third kappa shape index (κ3) is 2.55. The van der Waals surface area contributed by atoms with Crippen LogP contribution in [0.5, 0.6) is 0 Å². The second-order valence-electron chi connectivity index (χ2n) is 5.68. The van der Waals surface area contributed by atoms with Gasteiger partial charge in [0.1, 0.15) is 11.5 Å². The predicted molar refractivity (Wildman–Crippen MR) is 74.7 cm³/mol. The van der Waals surface area contributed by atoms with Gasteiger partial charge in [-0.2, -0.15) is 4.98 Å². The smallest absolute Gasteiger partial charge is 0.272 e. The molecule has 7 nitrogen and oxygen atoms in total. The van der Waals surface area contributed by atoms with E-state index in [4.69, 9.17) is 4.52 Å². The first-order valence-corrected chi connectivity index (χ1v) is 7.22. The van der Waals surface area contributed by atoms with Crippen LogP contribution in [0.4, 0.5) is 0 Å². The fourth-order valence-corrected chi connectivity index (χ4v) is 2.58. The molecule has 1 saturated heterocycles. The number of hydrogen-bond donors (Lipinski definition) is 1. The number of hydrogen-bond acceptors (Lipinski definition) is 5. The summed E-state index contributed by atoms with van der Waals surface area (Å²) in [7, 11) is 0. The van der Waals surface area contributed by atoms with Gasteiger partial charge in [0.15, 0.2) is 5.82 Å². The van der Waals surface area contributed by atoms with Gasteiger partial charge in [-0.05, 0) is 19.8 Å². The monoisotopic (exact) mass is 289 g/mol. The SMILES string of the molecule is Cc1ncc(C(=O)N2CCC[C@H]2c2noc(C(C)C)n2)[nH]1. The van der Waals surface area contributed by atoms with Crippen molar-refractivity contribution in [3.05, 3.63) is 29.4 Å². The van der Waals surface area contributed by atoms with Crippen molar-refractivity contribution in [2.75, 3.05) is 6.54 Å². The summed E-state index contributed by atoms with van der Waals surface area (Å²) in [5, 5.41) is 4.05. The normalized spacial score (nSPS) is 18.7. The van der Waals surface area contributed by atoms with Gasteiger partial charge < -0.3 is 14.4 Å². The predicted octanol–water partition coefficient (Wildman–Crippen LogP) is 2.20. The van der Waals surface area contributed by atoms with E-state index in [2.05, 4.69) is 20.1 Å². The van der Waals surface area contributed by atoms with Gasteiger partial charge in [0.05, 0.1) is 12.2 Å². The number of carbonyl (C=O) groups is 1. The van der Waals surface area contributed by atoms with Crippen molar-refractivity contribution in [2.45, 2.75) is 45.6 Å². The molecule has 0 saturated carbocycles. The van der Waals surface area contributed by atoms with Crippen LogP contribution < -0.4 is 0 Å². The topological polar surface area (TPSA) is 87.9 Å². The molecule has 1 atom stereocenters. The molecule has 1 amide bonds. The van der Waals surface area contributed by atoms with E-state index in [-0.39, 0.29) is 17.9 Å². The lowest BCUT2D eigenvalue weighted by Crippen LogP contribution is -2.31. The van der Waals surface area contributed by atoms with E-state index in [9.17, 15) is 4.79 Å². The van der Waals surface area contributed by atoms with Gasteiger partial charge in [-0.1, -0.05) is 19.0 Å². The van der Waals surface area contributed by atoms with E-state index in [1.807, 2.05) is 20.8 Å². The third-order valence-electron chi connectivity index (χ3n) is 3.70. The Morgan fingerprint density at radius 3 is 2.95 bits per heavy atom. The zero-order chi connectivity index (χ0) is 15.0. The van der Waals surface area contributed by atoms with E-state index < -0.39 is 0 Å². The Morgan fingerprint density at radius 2 is 2.33 bits per heavy atom. The lowest BCUT2D eigenvalue weighted by atomic mass is 10.2. The maximum atomic E-state index is 12.6. The molecule has 0 bridgehead atoms. The van der Waals surface area contributed by atoms with Crippen LogP contribution in [0, 0.1) is 6.92 Å². The van der Waals surface area contributed by atoms with Gasteiger partial charge in [-0.15, -0.1) is 0 Å². The Morgan fingerprint density at radius 1 is 1.52 bits per heavy atom. The summed E-state index contributed by atoms with van der Waals surface area (Å²) in [5.41, 5.74) is 0.506. The fourth-order valence-electron chi connectivity index (χ4n) is 2.58. The number of aromatic nitrogens is 4. The van der Waals surface area contributed by atoms with Crippen molar-refractivity contribution in [1.29, 1.82) is 0 Å². The third-order valence-corrected chi connectivity index (χ3v) is 3.70. The molecule has 0 unspecified atom stereocenters. The number of likely N-dealkylation sites (tertiary alicyclic amines) is 1. The lowest BCUT2D eigenvalue weighted by Gasteiger charge is -2.21. The van der Waals surface area contributed by atoms with Crippen molar-refractivity contribution in [3.63, 3.8) is 0 Å². The van der Waals surface area contributed by atoms with E-state index in [0.29, 0.717) is 24.0 Å². The van der Waals surface area contributed by atoms with Gasteiger partial charge in [0, 0.05) is 12.5 Å². The number of nitrogens with one attached hydrogen (secondary N) is 1. The molecular weight excluding hydrogens is 270 g/mol. The Kier molecular flexibility index (Phi) is 3.48. The maximum absolute atomic E-state index is 12.6. The Bertz CT molecular complexity index is 645. The van der Waals surface area contributed by atoms with Crippen LogP contribution in [0.3, 0.4) is 0 Å². The van der Waals surface area contributed by atoms with E-state index in [0.717, 1.165) is 18.7 Å². The molecular formula is C14H19N5O2. The number of carbonyl (C=O) groups excluding carboxylic acids is 1. The second kappa shape index (κ2) is 5.31. The van der Waals surface area contributed by atoms with Gasteiger partial charge >= 0.3 is 0 Å². The molecule has 1 N–H and O–H groups in total. The summed E-state index contributed by atoms with van der Waals surface area (Å²) in [6.07, 6.45) is 3.37. The summed E-state index contributed by atoms with van der Waals surface area (Å²) in [4.78, 5) is 25.8. The van der Waals surface area contributed by atoms with Crippen LogP contribution in [0.2, 0.25) is 0 Å². The van der Waals surface area contributed by atoms with Crippen LogP contribution in [0.25, 0.3) is 0 Å². The number of H-pyrrole nitrogens is 1. The minimum absolute atomic E-state index is 0.0611. The highest BCUT2D eigenvalue weighted by Crippen LogP contribution is 2.31. The summed E-state index contributed by atoms with van der Waals surface area (Å²) in [6.45, 7) is 6.53. The molecule has 3 rings (SSSR count). The molecule has 0 aliphatic carbocycles. The van der Waals surface area contributed by atoms with E-state index in [1.165, 1.54) is 0 Å². The molecule has 7 heteroatoms. The molecule has 0 spiro atoms. The highest BCUT2D eigenvalue weighted by molar-refractivity contribution is 5.92. The number of nitrogens with zero attached hydrogens (tertiary/aromatic N) is 4. The average molecular weight is 289 g/mol. The van der Waals surface area contributed by atoms with Crippen LogP contribution in [-0.4, -0.2) is 37.5 Å². The number of imidazole rings is 1. The van der Waals surface area contributed by atoms with Crippen molar-refractivity contribution in [2.24, 2.45) is 0 Å².